The Labute approximate surface area is 155 Å². The number of hydrogen-bond donors (Lipinski definition) is 3. The number of thioether (sulfide) groups is 1. The van der Waals surface area contributed by atoms with Crippen molar-refractivity contribution < 1.29 is 9.59 Å². The van der Waals surface area contributed by atoms with Crippen molar-refractivity contribution in [2.45, 2.75) is 12.5 Å². The summed E-state index contributed by atoms with van der Waals surface area (Å²) in [5, 5.41) is 13.5. The molecule has 0 radical (unpaired) electrons. The Kier molecular flexibility index (Phi) is 5.91. The topological polar surface area (TPSA) is 86.9 Å². The molecule has 1 unspecified atom stereocenters. The van der Waals surface area contributed by atoms with Crippen LogP contribution in [0.2, 0.25) is 0 Å². The molecule has 0 aliphatic carbocycles. The van der Waals surface area contributed by atoms with Gasteiger partial charge in [-0.3, -0.25) is 14.7 Å². The molecule has 0 aliphatic heterocycles. The van der Waals surface area contributed by atoms with E-state index < -0.39 is 6.04 Å². The molecule has 2 amide bonds. The molecule has 0 saturated carbocycles. The van der Waals surface area contributed by atoms with Gasteiger partial charge in [-0.25, -0.2) is 0 Å². The number of nitrogens with zero attached hydrogens (tertiary/aromatic N) is 1. The summed E-state index contributed by atoms with van der Waals surface area (Å²) < 4.78 is 0. The van der Waals surface area contributed by atoms with Crippen LogP contribution in [0.15, 0.2) is 54.7 Å². The Bertz CT molecular complexity index is 895. The molecule has 2 aromatic carbocycles. The molecule has 0 saturated heterocycles. The summed E-state index contributed by atoms with van der Waals surface area (Å²) in [7, 11) is 0. The summed E-state index contributed by atoms with van der Waals surface area (Å²) >= 11 is 1.64. The second kappa shape index (κ2) is 8.53. The van der Waals surface area contributed by atoms with E-state index >= 15 is 0 Å². The van der Waals surface area contributed by atoms with Crippen LogP contribution < -0.4 is 10.6 Å². The molecule has 3 aromatic rings. The van der Waals surface area contributed by atoms with Gasteiger partial charge in [0.25, 0.3) is 5.91 Å². The molecule has 0 aliphatic rings. The number of H-pyrrole nitrogens is 1. The highest BCUT2D eigenvalue weighted by Crippen LogP contribution is 2.17. The Balaban J connectivity index is 1.71. The van der Waals surface area contributed by atoms with Crippen LogP contribution in [0.1, 0.15) is 16.8 Å². The largest absolute Gasteiger partial charge is 0.340 e. The minimum atomic E-state index is -0.602. The molecule has 1 heterocycles. The number of aromatic amines is 1. The quantitative estimate of drug-likeness (QED) is 0.598. The third-order valence-corrected chi connectivity index (χ3v) is 4.62. The number of rotatable bonds is 7. The number of carbonyl (C=O) groups is 2. The van der Waals surface area contributed by atoms with Gasteiger partial charge in [0.05, 0.1) is 11.7 Å². The predicted octanol–water partition coefficient (Wildman–Crippen LogP) is 3.05. The average Bonchev–Trinajstić information content (AvgIpc) is 3.13. The van der Waals surface area contributed by atoms with Crippen molar-refractivity contribution in [2.75, 3.05) is 17.3 Å². The standard InChI is InChI=1S/C19H20N4O2S/c1-26-10-9-17(22-18(24)13-5-3-2-4-6-13)19(25)21-15-7-8-16-14(11-15)12-20-23-16/h2-8,11-12,17H,9-10H2,1H3,(H,20,23)(H,21,25)(H,22,24). The third kappa shape index (κ3) is 4.43. The van der Waals surface area contributed by atoms with Gasteiger partial charge in [-0.15, -0.1) is 0 Å². The second-order valence-electron chi connectivity index (χ2n) is 5.83. The average molecular weight is 368 g/mol. The number of hydrogen-bond acceptors (Lipinski definition) is 4. The van der Waals surface area contributed by atoms with Gasteiger partial charge in [0.2, 0.25) is 5.91 Å². The van der Waals surface area contributed by atoms with Crippen LogP contribution in [-0.4, -0.2) is 40.1 Å². The molecule has 3 rings (SSSR count). The summed E-state index contributed by atoms with van der Waals surface area (Å²) in [5.74, 6) is 0.289. The molecule has 6 nitrogen and oxygen atoms in total. The van der Waals surface area contributed by atoms with Crippen LogP contribution in [0.3, 0.4) is 0 Å². The fourth-order valence-electron chi connectivity index (χ4n) is 2.59. The molecule has 134 valence electrons. The van der Waals surface area contributed by atoms with Crippen LogP contribution in [0.5, 0.6) is 0 Å². The van der Waals surface area contributed by atoms with Crippen molar-refractivity contribution in [2.24, 2.45) is 0 Å². The van der Waals surface area contributed by atoms with Crippen LogP contribution in [0.4, 0.5) is 5.69 Å². The van der Waals surface area contributed by atoms with Crippen molar-refractivity contribution in [1.29, 1.82) is 0 Å². The van der Waals surface area contributed by atoms with E-state index in [1.165, 1.54) is 0 Å². The molecular weight excluding hydrogens is 348 g/mol. The second-order valence-corrected chi connectivity index (χ2v) is 6.82. The molecule has 3 N–H and O–H groups in total. The lowest BCUT2D eigenvalue weighted by molar-refractivity contribution is -0.118. The molecule has 0 fully saturated rings. The number of amides is 2. The van der Waals surface area contributed by atoms with Gasteiger partial charge in [0.15, 0.2) is 0 Å². The van der Waals surface area contributed by atoms with Crippen molar-refractivity contribution in [3.05, 3.63) is 60.3 Å². The first kappa shape index (κ1) is 18.0. The maximum atomic E-state index is 12.7. The maximum Gasteiger partial charge on any atom is 0.251 e. The highest BCUT2D eigenvalue weighted by molar-refractivity contribution is 7.98. The summed E-state index contributed by atoms with van der Waals surface area (Å²) in [5.41, 5.74) is 2.11. The van der Waals surface area contributed by atoms with Gasteiger partial charge in [-0.05, 0) is 48.8 Å². The Hall–Kier alpha value is -2.80. The highest BCUT2D eigenvalue weighted by Gasteiger charge is 2.21. The normalized spacial score (nSPS) is 11.9. The molecule has 0 spiro atoms. The highest BCUT2D eigenvalue weighted by atomic mass is 32.2. The van der Waals surface area contributed by atoms with Gasteiger partial charge in [0.1, 0.15) is 6.04 Å². The van der Waals surface area contributed by atoms with Crippen molar-refractivity contribution in [3.8, 4) is 0 Å². The van der Waals surface area contributed by atoms with Crippen LogP contribution in [0, 0.1) is 0 Å². The number of benzene rings is 2. The third-order valence-electron chi connectivity index (χ3n) is 3.98. The molecule has 1 atom stereocenters. The summed E-state index contributed by atoms with van der Waals surface area (Å²) in [6, 6.07) is 13.8. The summed E-state index contributed by atoms with van der Waals surface area (Å²) in [6.07, 6.45) is 4.23. The van der Waals surface area contributed by atoms with Crippen molar-refractivity contribution >= 4 is 40.2 Å². The monoisotopic (exact) mass is 368 g/mol. The molecular formula is C19H20N4O2S. The zero-order valence-electron chi connectivity index (χ0n) is 14.4. The zero-order chi connectivity index (χ0) is 18.4. The van der Waals surface area contributed by atoms with Gasteiger partial charge in [-0.1, -0.05) is 18.2 Å². The SMILES string of the molecule is CSCCC(NC(=O)c1ccccc1)C(=O)Nc1ccc2[nH]ncc2c1. The van der Waals surface area contributed by atoms with E-state index in [1.54, 1.807) is 42.2 Å². The van der Waals surface area contributed by atoms with Gasteiger partial charge in [-0.2, -0.15) is 16.9 Å². The van der Waals surface area contributed by atoms with E-state index in [-0.39, 0.29) is 11.8 Å². The smallest absolute Gasteiger partial charge is 0.251 e. The predicted molar refractivity (Wildman–Crippen MR) is 105 cm³/mol. The van der Waals surface area contributed by atoms with Gasteiger partial charge < -0.3 is 10.6 Å². The van der Waals surface area contributed by atoms with Crippen LogP contribution in [0.25, 0.3) is 10.9 Å². The van der Waals surface area contributed by atoms with E-state index in [9.17, 15) is 9.59 Å². The lowest BCUT2D eigenvalue weighted by Gasteiger charge is -2.18. The van der Waals surface area contributed by atoms with Crippen LogP contribution >= 0.6 is 11.8 Å². The fraction of sp³-hybridized carbons (Fsp3) is 0.211. The Morgan fingerprint density at radius 2 is 2.00 bits per heavy atom. The number of carbonyl (C=O) groups excluding carboxylic acids is 2. The molecule has 26 heavy (non-hydrogen) atoms. The summed E-state index contributed by atoms with van der Waals surface area (Å²) in [6.45, 7) is 0. The van der Waals surface area contributed by atoms with E-state index in [2.05, 4.69) is 20.8 Å². The first-order valence-electron chi connectivity index (χ1n) is 8.26. The number of aromatic nitrogens is 2. The first-order chi connectivity index (χ1) is 12.7. The lowest BCUT2D eigenvalue weighted by Crippen LogP contribution is -2.44. The van der Waals surface area contributed by atoms with Crippen LogP contribution in [-0.2, 0) is 4.79 Å². The Morgan fingerprint density at radius 3 is 2.77 bits per heavy atom. The van der Waals surface area contributed by atoms with Crippen molar-refractivity contribution in [1.82, 2.24) is 15.5 Å². The molecule has 0 bridgehead atoms. The Morgan fingerprint density at radius 1 is 1.19 bits per heavy atom. The fourth-order valence-corrected chi connectivity index (χ4v) is 3.06. The minimum absolute atomic E-state index is 0.230. The molecule has 1 aromatic heterocycles. The molecule has 7 heteroatoms. The minimum Gasteiger partial charge on any atom is -0.340 e. The number of anilines is 1. The number of nitrogens with one attached hydrogen (secondary N) is 3. The van der Waals surface area contributed by atoms with E-state index in [1.807, 2.05) is 30.5 Å². The van der Waals surface area contributed by atoms with Crippen molar-refractivity contribution in [3.63, 3.8) is 0 Å². The van der Waals surface area contributed by atoms with E-state index in [0.29, 0.717) is 17.7 Å². The maximum absolute atomic E-state index is 12.7. The lowest BCUT2D eigenvalue weighted by atomic mass is 10.1. The van der Waals surface area contributed by atoms with E-state index in [0.717, 1.165) is 16.7 Å². The number of fused-ring (bicyclic) bond motifs is 1. The zero-order valence-corrected chi connectivity index (χ0v) is 15.2. The summed E-state index contributed by atoms with van der Waals surface area (Å²) in [4.78, 5) is 25.1. The van der Waals surface area contributed by atoms with Gasteiger partial charge >= 0.3 is 0 Å². The van der Waals surface area contributed by atoms with Gasteiger partial charge in [0, 0.05) is 16.6 Å². The van der Waals surface area contributed by atoms with E-state index in [4.69, 9.17) is 0 Å². The first-order valence-corrected chi connectivity index (χ1v) is 9.65.